The van der Waals surface area contributed by atoms with E-state index in [9.17, 15) is 9.90 Å². The Balaban J connectivity index is 2.57. The number of carbonyl (C=O) groups excluding carboxylic acids is 1. The van der Waals surface area contributed by atoms with Crippen molar-refractivity contribution >= 4 is 5.91 Å². The number of benzene rings is 1. The molecule has 0 bridgehead atoms. The van der Waals surface area contributed by atoms with Gasteiger partial charge in [-0.05, 0) is 12.5 Å². The summed E-state index contributed by atoms with van der Waals surface area (Å²) in [5, 5.41) is 12.7. The Morgan fingerprint density at radius 3 is 2.69 bits per heavy atom. The fraction of sp³-hybridized carbons (Fsp3) is 0.308. The molecule has 16 heavy (non-hydrogen) atoms. The highest BCUT2D eigenvalue weighted by atomic mass is 16.3. The molecule has 1 amide bonds. The number of amides is 1. The van der Waals surface area contributed by atoms with Crippen molar-refractivity contribution in [2.45, 2.75) is 25.5 Å². The maximum atomic E-state index is 11.3. The number of rotatable bonds is 5. The van der Waals surface area contributed by atoms with Crippen LogP contribution in [-0.4, -0.2) is 17.1 Å². The fourth-order valence-corrected chi connectivity index (χ4v) is 1.46. The lowest BCUT2D eigenvalue weighted by Crippen LogP contribution is -2.36. The molecule has 0 aliphatic carbocycles. The van der Waals surface area contributed by atoms with E-state index in [1.54, 1.807) is 6.92 Å². The summed E-state index contributed by atoms with van der Waals surface area (Å²) < 4.78 is 0. The fourth-order valence-electron chi connectivity index (χ4n) is 1.46. The Bertz CT molecular complexity index is 348. The molecular weight excluding hydrogens is 202 g/mol. The summed E-state index contributed by atoms with van der Waals surface area (Å²) in [4.78, 5) is 11.3. The summed E-state index contributed by atoms with van der Waals surface area (Å²) in [6.07, 6.45) is 1.12. The third-order valence-electron chi connectivity index (χ3n) is 2.33. The summed E-state index contributed by atoms with van der Waals surface area (Å²) in [5.74, 6) is -0.127. The van der Waals surface area contributed by atoms with Gasteiger partial charge in [-0.15, -0.1) is 6.58 Å². The highest BCUT2D eigenvalue weighted by molar-refractivity contribution is 5.77. The van der Waals surface area contributed by atoms with Gasteiger partial charge in [-0.25, -0.2) is 0 Å². The quantitative estimate of drug-likeness (QED) is 0.742. The molecule has 0 aliphatic rings. The minimum absolute atomic E-state index is 0.127. The van der Waals surface area contributed by atoms with Gasteiger partial charge >= 0.3 is 0 Å². The van der Waals surface area contributed by atoms with Crippen LogP contribution in [0.3, 0.4) is 0 Å². The van der Waals surface area contributed by atoms with Gasteiger partial charge in [0.15, 0.2) is 0 Å². The van der Waals surface area contributed by atoms with Crippen LogP contribution in [-0.2, 0) is 4.79 Å². The van der Waals surface area contributed by atoms with Crippen molar-refractivity contribution < 1.29 is 9.90 Å². The molecule has 0 aromatic heterocycles. The zero-order valence-corrected chi connectivity index (χ0v) is 9.39. The Labute approximate surface area is 95.8 Å². The zero-order valence-electron chi connectivity index (χ0n) is 9.39. The van der Waals surface area contributed by atoms with E-state index in [2.05, 4.69) is 11.9 Å². The number of aliphatic hydroxyl groups is 1. The summed E-state index contributed by atoms with van der Waals surface area (Å²) in [6.45, 7) is 5.26. The van der Waals surface area contributed by atoms with Gasteiger partial charge in [0, 0.05) is 6.42 Å². The third-order valence-corrected chi connectivity index (χ3v) is 2.33. The Morgan fingerprint density at radius 1 is 1.50 bits per heavy atom. The van der Waals surface area contributed by atoms with Gasteiger partial charge in [0.1, 0.15) is 0 Å². The van der Waals surface area contributed by atoms with Crippen molar-refractivity contribution in [3.05, 3.63) is 48.6 Å². The number of hydrogen-bond acceptors (Lipinski definition) is 2. The zero-order chi connectivity index (χ0) is 12.0. The second kappa shape index (κ2) is 6.08. The minimum Gasteiger partial charge on any atom is -0.386 e. The maximum absolute atomic E-state index is 11.3. The molecule has 86 valence electrons. The second-order valence-corrected chi connectivity index (χ2v) is 3.70. The molecule has 0 fully saturated rings. The van der Waals surface area contributed by atoms with Gasteiger partial charge in [0.05, 0.1) is 12.1 Å². The van der Waals surface area contributed by atoms with Crippen molar-refractivity contribution in [3.8, 4) is 0 Å². The van der Waals surface area contributed by atoms with E-state index in [4.69, 9.17) is 0 Å². The molecule has 0 radical (unpaired) electrons. The first-order valence-corrected chi connectivity index (χ1v) is 5.28. The molecule has 3 nitrogen and oxygen atoms in total. The SMILES string of the molecule is C=CCC(=O)N[C@H](C)[C@@H](O)c1ccccc1. The summed E-state index contributed by atoms with van der Waals surface area (Å²) in [6, 6.07) is 8.96. The van der Waals surface area contributed by atoms with Crippen molar-refractivity contribution in [2.24, 2.45) is 0 Å². The first-order chi connectivity index (χ1) is 7.65. The number of aliphatic hydroxyl groups excluding tert-OH is 1. The Kier molecular flexibility index (Phi) is 4.73. The highest BCUT2D eigenvalue weighted by Gasteiger charge is 2.17. The Morgan fingerprint density at radius 2 is 2.12 bits per heavy atom. The summed E-state index contributed by atoms with van der Waals surface area (Å²) in [5.41, 5.74) is 0.800. The molecule has 0 spiro atoms. The van der Waals surface area contributed by atoms with Crippen molar-refractivity contribution in [1.29, 1.82) is 0 Å². The van der Waals surface area contributed by atoms with Gasteiger partial charge < -0.3 is 10.4 Å². The van der Waals surface area contributed by atoms with Gasteiger partial charge in [-0.1, -0.05) is 36.4 Å². The number of hydrogen-bond donors (Lipinski definition) is 2. The first-order valence-electron chi connectivity index (χ1n) is 5.28. The molecule has 0 aliphatic heterocycles. The van der Waals surface area contributed by atoms with Gasteiger partial charge in [0.2, 0.25) is 5.91 Å². The van der Waals surface area contributed by atoms with Crippen LogP contribution in [0.5, 0.6) is 0 Å². The molecule has 1 aromatic rings. The van der Waals surface area contributed by atoms with E-state index < -0.39 is 6.10 Å². The van der Waals surface area contributed by atoms with E-state index in [1.807, 2.05) is 30.3 Å². The third kappa shape index (κ3) is 3.51. The van der Waals surface area contributed by atoms with Crippen LogP contribution in [0.4, 0.5) is 0 Å². The van der Waals surface area contributed by atoms with Crippen LogP contribution in [0.2, 0.25) is 0 Å². The average molecular weight is 219 g/mol. The Hall–Kier alpha value is -1.61. The van der Waals surface area contributed by atoms with E-state index in [0.29, 0.717) is 0 Å². The molecule has 1 aromatic carbocycles. The average Bonchev–Trinajstić information content (AvgIpc) is 2.29. The molecular formula is C13H17NO2. The molecule has 2 N–H and O–H groups in total. The highest BCUT2D eigenvalue weighted by Crippen LogP contribution is 2.15. The molecule has 3 heteroatoms. The van der Waals surface area contributed by atoms with Gasteiger partial charge in [-0.2, -0.15) is 0 Å². The normalized spacial score (nSPS) is 13.9. The van der Waals surface area contributed by atoms with Crippen molar-refractivity contribution in [2.75, 3.05) is 0 Å². The van der Waals surface area contributed by atoms with Crippen LogP contribution in [0.1, 0.15) is 25.0 Å². The lowest BCUT2D eigenvalue weighted by Gasteiger charge is -2.20. The molecule has 2 atom stereocenters. The predicted molar refractivity (Wildman–Crippen MR) is 63.8 cm³/mol. The topological polar surface area (TPSA) is 49.3 Å². The first kappa shape index (κ1) is 12.5. The van der Waals surface area contributed by atoms with E-state index >= 15 is 0 Å². The van der Waals surface area contributed by atoms with Crippen molar-refractivity contribution in [3.63, 3.8) is 0 Å². The van der Waals surface area contributed by atoms with Gasteiger partial charge in [-0.3, -0.25) is 4.79 Å². The van der Waals surface area contributed by atoms with E-state index in [1.165, 1.54) is 6.08 Å². The second-order valence-electron chi connectivity index (χ2n) is 3.70. The van der Waals surface area contributed by atoms with Crippen LogP contribution < -0.4 is 5.32 Å². The standard InChI is InChI=1S/C13H17NO2/c1-3-7-12(15)14-10(2)13(16)11-8-5-4-6-9-11/h3-6,8-10,13,16H,1,7H2,2H3,(H,14,15)/t10-,13-/m1/s1. The predicted octanol–water partition coefficient (Wildman–Crippen LogP) is 1.80. The van der Waals surface area contributed by atoms with Crippen LogP contribution in [0, 0.1) is 0 Å². The molecule has 0 heterocycles. The molecule has 1 rings (SSSR count). The van der Waals surface area contributed by atoms with Gasteiger partial charge in [0.25, 0.3) is 0 Å². The lowest BCUT2D eigenvalue weighted by atomic mass is 10.0. The van der Waals surface area contributed by atoms with E-state index in [-0.39, 0.29) is 18.4 Å². The van der Waals surface area contributed by atoms with Crippen LogP contribution >= 0.6 is 0 Å². The molecule has 0 unspecified atom stereocenters. The summed E-state index contributed by atoms with van der Waals surface area (Å²) in [7, 11) is 0. The largest absolute Gasteiger partial charge is 0.386 e. The summed E-state index contributed by atoms with van der Waals surface area (Å²) >= 11 is 0. The van der Waals surface area contributed by atoms with Crippen LogP contribution in [0.25, 0.3) is 0 Å². The number of carbonyl (C=O) groups is 1. The smallest absolute Gasteiger partial charge is 0.224 e. The minimum atomic E-state index is -0.685. The maximum Gasteiger partial charge on any atom is 0.224 e. The molecule has 0 saturated heterocycles. The van der Waals surface area contributed by atoms with Crippen molar-refractivity contribution in [1.82, 2.24) is 5.32 Å². The van der Waals surface area contributed by atoms with E-state index in [0.717, 1.165) is 5.56 Å². The monoisotopic (exact) mass is 219 g/mol. The van der Waals surface area contributed by atoms with Crippen LogP contribution in [0.15, 0.2) is 43.0 Å². The lowest BCUT2D eigenvalue weighted by molar-refractivity contribution is -0.121. The molecule has 0 saturated carbocycles. The number of nitrogens with one attached hydrogen (secondary N) is 1.